The molecule has 0 aliphatic heterocycles. The monoisotopic (exact) mass is 737 g/mol. The van der Waals surface area contributed by atoms with Gasteiger partial charge in [-0.2, -0.15) is 0 Å². The van der Waals surface area contributed by atoms with Gasteiger partial charge in [-0.15, -0.1) is 0 Å². The maximum Gasteiger partial charge on any atom is 0.306 e. The lowest BCUT2D eigenvalue weighted by Gasteiger charge is -2.18. The summed E-state index contributed by atoms with van der Waals surface area (Å²) in [5, 5.41) is 0. The Bertz CT molecular complexity index is 1080. The van der Waals surface area contributed by atoms with Crippen molar-refractivity contribution in [2.45, 2.75) is 181 Å². The lowest BCUT2D eigenvalue weighted by Crippen LogP contribution is -2.30. The zero-order chi connectivity index (χ0) is 38.7. The van der Waals surface area contributed by atoms with Gasteiger partial charge in [-0.3, -0.25) is 14.4 Å². The van der Waals surface area contributed by atoms with E-state index in [1.165, 1.54) is 44.9 Å². The Kier molecular flexibility index (Phi) is 38.7. The third-order valence-electron chi connectivity index (χ3n) is 8.49. The van der Waals surface area contributed by atoms with E-state index in [1.807, 2.05) is 36.5 Å². The largest absolute Gasteiger partial charge is 0.462 e. The Balaban J connectivity index is 4.53. The second-order valence-electron chi connectivity index (χ2n) is 13.6. The van der Waals surface area contributed by atoms with Crippen molar-refractivity contribution in [3.05, 3.63) is 85.1 Å². The topological polar surface area (TPSA) is 78.9 Å². The van der Waals surface area contributed by atoms with Gasteiger partial charge in [-0.05, 0) is 70.6 Å². The van der Waals surface area contributed by atoms with E-state index < -0.39 is 6.10 Å². The number of hydrogen-bond acceptors (Lipinski definition) is 6. The van der Waals surface area contributed by atoms with Crippen molar-refractivity contribution >= 4 is 17.9 Å². The van der Waals surface area contributed by atoms with Crippen LogP contribution in [0.25, 0.3) is 0 Å². The second kappa shape index (κ2) is 41.3. The molecule has 0 fully saturated rings. The summed E-state index contributed by atoms with van der Waals surface area (Å²) >= 11 is 0. The summed E-state index contributed by atoms with van der Waals surface area (Å²) in [7, 11) is 0. The molecule has 0 N–H and O–H groups in total. The van der Waals surface area contributed by atoms with Crippen molar-refractivity contribution in [1.82, 2.24) is 0 Å². The Morgan fingerprint density at radius 3 is 1.42 bits per heavy atom. The molecule has 0 aliphatic carbocycles. The van der Waals surface area contributed by atoms with Crippen molar-refractivity contribution in [2.75, 3.05) is 13.2 Å². The van der Waals surface area contributed by atoms with Gasteiger partial charge in [0.15, 0.2) is 6.10 Å². The highest BCUT2D eigenvalue weighted by atomic mass is 16.6. The number of allylic oxidation sites excluding steroid dienone is 14. The van der Waals surface area contributed by atoms with E-state index >= 15 is 0 Å². The van der Waals surface area contributed by atoms with Crippen molar-refractivity contribution in [3.63, 3.8) is 0 Å². The molecule has 0 aromatic heterocycles. The average molecular weight is 737 g/mol. The van der Waals surface area contributed by atoms with Gasteiger partial charge in [0.25, 0.3) is 0 Å². The molecule has 0 aromatic rings. The van der Waals surface area contributed by atoms with Crippen LogP contribution in [0.2, 0.25) is 0 Å². The van der Waals surface area contributed by atoms with Crippen molar-refractivity contribution in [1.29, 1.82) is 0 Å². The molecule has 0 amide bonds. The molecule has 0 spiro atoms. The summed E-state index contributed by atoms with van der Waals surface area (Å²) in [6.07, 6.45) is 51.4. The molecule has 0 saturated carbocycles. The molecule has 6 heteroatoms. The highest BCUT2D eigenvalue weighted by Gasteiger charge is 2.19. The van der Waals surface area contributed by atoms with E-state index in [9.17, 15) is 14.4 Å². The van der Waals surface area contributed by atoms with E-state index in [-0.39, 0.29) is 37.5 Å². The smallest absolute Gasteiger partial charge is 0.306 e. The second-order valence-corrected chi connectivity index (χ2v) is 13.6. The van der Waals surface area contributed by atoms with E-state index in [0.717, 1.165) is 83.5 Å². The van der Waals surface area contributed by atoms with E-state index in [0.29, 0.717) is 19.3 Å². The molecule has 0 bridgehead atoms. The van der Waals surface area contributed by atoms with Gasteiger partial charge in [0.05, 0.1) is 0 Å². The van der Waals surface area contributed by atoms with Crippen molar-refractivity contribution in [2.24, 2.45) is 0 Å². The third kappa shape index (κ3) is 39.6. The summed E-state index contributed by atoms with van der Waals surface area (Å²) in [5.74, 6) is -0.999. The first-order valence-electron chi connectivity index (χ1n) is 21.1. The summed E-state index contributed by atoms with van der Waals surface area (Å²) < 4.78 is 16.6. The number of rotatable bonds is 36. The lowest BCUT2D eigenvalue weighted by atomic mass is 10.1. The van der Waals surface area contributed by atoms with Crippen LogP contribution < -0.4 is 0 Å². The minimum atomic E-state index is -0.808. The molecule has 53 heavy (non-hydrogen) atoms. The van der Waals surface area contributed by atoms with Gasteiger partial charge in [0, 0.05) is 19.3 Å². The van der Waals surface area contributed by atoms with Crippen LogP contribution in [-0.4, -0.2) is 37.2 Å². The quantitative estimate of drug-likeness (QED) is 0.0209. The van der Waals surface area contributed by atoms with E-state index in [1.54, 1.807) is 0 Å². The number of unbranched alkanes of at least 4 members (excludes halogenated alkanes) is 14. The Labute approximate surface area is 325 Å². The molecule has 0 heterocycles. The molecular formula is C47H76O6. The van der Waals surface area contributed by atoms with Crippen LogP contribution >= 0.6 is 0 Å². The molecule has 0 aromatic carbocycles. The van der Waals surface area contributed by atoms with Crippen LogP contribution in [0.4, 0.5) is 0 Å². The molecule has 300 valence electrons. The van der Waals surface area contributed by atoms with Crippen molar-refractivity contribution in [3.8, 4) is 0 Å². The van der Waals surface area contributed by atoms with Crippen LogP contribution in [0.1, 0.15) is 175 Å². The number of carbonyl (C=O) groups excluding carboxylic acids is 3. The molecule has 0 rings (SSSR count). The maximum atomic E-state index is 12.7. The first-order chi connectivity index (χ1) is 26.0. The molecule has 1 unspecified atom stereocenters. The van der Waals surface area contributed by atoms with Gasteiger partial charge in [0.1, 0.15) is 13.2 Å². The summed E-state index contributed by atoms with van der Waals surface area (Å²) in [6, 6.07) is 0. The zero-order valence-corrected chi connectivity index (χ0v) is 34.0. The lowest BCUT2D eigenvalue weighted by molar-refractivity contribution is -0.167. The number of carbonyl (C=O) groups is 3. The minimum Gasteiger partial charge on any atom is -0.462 e. The first kappa shape index (κ1) is 49.6. The zero-order valence-electron chi connectivity index (χ0n) is 34.0. The number of ether oxygens (including phenoxy) is 3. The number of hydrogen-bond donors (Lipinski definition) is 0. The fraction of sp³-hybridized carbons (Fsp3) is 0.638. The maximum absolute atomic E-state index is 12.7. The molecule has 6 nitrogen and oxygen atoms in total. The highest BCUT2D eigenvalue weighted by Crippen LogP contribution is 2.13. The Morgan fingerprint density at radius 1 is 0.415 bits per heavy atom. The van der Waals surface area contributed by atoms with Crippen LogP contribution in [0.15, 0.2) is 85.1 Å². The van der Waals surface area contributed by atoms with Gasteiger partial charge < -0.3 is 14.2 Å². The first-order valence-corrected chi connectivity index (χ1v) is 21.1. The van der Waals surface area contributed by atoms with Crippen LogP contribution in [0.5, 0.6) is 0 Å². The van der Waals surface area contributed by atoms with Gasteiger partial charge in [-0.1, -0.05) is 170 Å². The highest BCUT2D eigenvalue weighted by molar-refractivity contribution is 5.71. The summed E-state index contributed by atoms with van der Waals surface area (Å²) in [4.78, 5) is 37.6. The fourth-order valence-corrected chi connectivity index (χ4v) is 5.35. The van der Waals surface area contributed by atoms with Gasteiger partial charge >= 0.3 is 17.9 Å². The SMILES string of the molecule is CC\C=C/C=C\C=C/C=C\CCCCCC(=O)OCC(COC(=O)CCCCCCCCCCCC)OC(=O)CCCC/C=C\C/C=C\C/C=C\CC. The van der Waals surface area contributed by atoms with Crippen LogP contribution in [0, 0.1) is 0 Å². The predicted molar refractivity (Wildman–Crippen MR) is 224 cm³/mol. The average Bonchev–Trinajstić information content (AvgIpc) is 3.15. The minimum absolute atomic E-state index is 0.105. The molecular weight excluding hydrogens is 661 g/mol. The standard InChI is InChI=1S/C47H76O6/c1-4-7-10-13-16-19-22-24-26-28-31-34-37-40-46(49)52-43-44(42-51-45(48)39-36-33-30-27-21-18-15-12-9-6-3)53-47(50)41-38-35-32-29-25-23-20-17-14-11-8-5-2/h7-8,10-11,13,16-17,19-20,22,24-26,29,44H,4-6,9,12,14-15,18,21,23,27-28,30-43H2,1-3H3/b10-7-,11-8-,16-13-,20-17-,22-19-,26-24-,29-25-. The van der Waals surface area contributed by atoms with Crippen LogP contribution in [0.3, 0.4) is 0 Å². The molecule has 1 atom stereocenters. The van der Waals surface area contributed by atoms with Crippen molar-refractivity contribution < 1.29 is 28.6 Å². The molecule has 0 radical (unpaired) electrons. The van der Waals surface area contributed by atoms with Crippen LogP contribution in [-0.2, 0) is 28.6 Å². The molecule has 0 saturated heterocycles. The summed E-state index contributed by atoms with van der Waals surface area (Å²) in [5.41, 5.74) is 0. The summed E-state index contributed by atoms with van der Waals surface area (Å²) in [6.45, 7) is 6.26. The molecule has 0 aliphatic rings. The Morgan fingerprint density at radius 2 is 0.830 bits per heavy atom. The number of esters is 3. The van der Waals surface area contributed by atoms with E-state index in [4.69, 9.17) is 14.2 Å². The fourth-order valence-electron chi connectivity index (χ4n) is 5.35. The van der Waals surface area contributed by atoms with E-state index in [2.05, 4.69) is 69.4 Å². The Hall–Kier alpha value is -3.41. The third-order valence-corrected chi connectivity index (χ3v) is 8.49. The van der Waals surface area contributed by atoms with Gasteiger partial charge in [0.2, 0.25) is 0 Å². The predicted octanol–water partition coefficient (Wildman–Crippen LogP) is 13.3. The van der Waals surface area contributed by atoms with Gasteiger partial charge in [-0.25, -0.2) is 0 Å². The normalized spacial score (nSPS) is 12.9.